The average molecular weight is 324 g/mol. The van der Waals surface area contributed by atoms with Gasteiger partial charge in [-0.15, -0.1) is 11.8 Å². The van der Waals surface area contributed by atoms with E-state index in [1.165, 1.54) is 4.90 Å². The Labute approximate surface area is 120 Å². The zero-order chi connectivity index (χ0) is 12.8. The lowest BCUT2D eigenvalue weighted by molar-refractivity contribution is 0.342. The third kappa shape index (κ3) is 3.96. The van der Waals surface area contributed by atoms with E-state index in [1.807, 2.05) is 36.4 Å². The molecule has 0 bridgehead atoms. The van der Waals surface area contributed by atoms with Crippen molar-refractivity contribution in [1.29, 1.82) is 0 Å². The van der Waals surface area contributed by atoms with Crippen molar-refractivity contribution in [2.45, 2.75) is 4.90 Å². The van der Waals surface area contributed by atoms with Crippen molar-refractivity contribution in [3.8, 4) is 5.75 Å². The van der Waals surface area contributed by atoms with E-state index in [2.05, 4.69) is 28.1 Å². The minimum Gasteiger partial charge on any atom is -0.491 e. The molecule has 0 aliphatic heterocycles. The molecule has 0 heterocycles. The first kappa shape index (κ1) is 13.3. The van der Waals surface area contributed by atoms with Gasteiger partial charge in [0.2, 0.25) is 0 Å². The summed E-state index contributed by atoms with van der Waals surface area (Å²) in [6.07, 6.45) is 0. The number of hydrogen-bond donors (Lipinski definition) is 1. The van der Waals surface area contributed by atoms with Crippen LogP contribution in [-0.2, 0) is 0 Å². The van der Waals surface area contributed by atoms with Crippen LogP contribution < -0.4 is 10.5 Å². The summed E-state index contributed by atoms with van der Waals surface area (Å²) >= 11 is 5.22. The maximum absolute atomic E-state index is 5.72. The molecular formula is C14H14BrNOS. The molecule has 0 unspecified atom stereocenters. The number of benzene rings is 2. The van der Waals surface area contributed by atoms with Gasteiger partial charge in [0.05, 0.1) is 11.1 Å². The number of thioether (sulfide) groups is 1. The molecule has 94 valence electrons. The lowest BCUT2D eigenvalue weighted by atomic mass is 10.3. The van der Waals surface area contributed by atoms with Crippen LogP contribution in [0.2, 0.25) is 0 Å². The van der Waals surface area contributed by atoms with Crippen LogP contribution in [0, 0.1) is 0 Å². The largest absolute Gasteiger partial charge is 0.491 e. The number of rotatable bonds is 5. The van der Waals surface area contributed by atoms with Crippen LogP contribution in [0.15, 0.2) is 57.9 Å². The molecule has 0 fully saturated rings. The Morgan fingerprint density at radius 1 is 1.11 bits per heavy atom. The Hall–Kier alpha value is -1.13. The van der Waals surface area contributed by atoms with Crippen LogP contribution in [0.1, 0.15) is 0 Å². The summed E-state index contributed by atoms with van der Waals surface area (Å²) < 4.78 is 6.62. The maximum atomic E-state index is 5.72. The fourth-order valence-corrected chi connectivity index (χ4v) is 2.57. The molecule has 0 aliphatic rings. The monoisotopic (exact) mass is 323 g/mol. The molecule has 2 aromatic rings. The van der Waals surface area contributed by atoms with E-state index in [1.54, 1.807) is 11.8 Å². The van der Waals surface area contributed by atoms with Crippen molar-refractivity contribution in [3.05, 3.63) is 53.0 Å². The van der Waals surface area contributed by atoms with Gasteiger partial charge in [0.1, 0.15) is 5.75 Å². The minimum absolute atomic E-state index is 0.654. The Morgan fingerprint density at radius 2 is 1.89 bits per heavy atom. The highest BCUT2D eigenvalue weighted by Gasteiger charge is 2.01. The molecule has 0 atom stereocenters. The number of ether oxygens (including phenoxy) is 1. The van der Waals surface area contributed by atoms with E-state index < -0.39 is 0 Å². The highest BCUT2D eigenvalue weighted by Crippen LogP contribution is 2.27. The highest BCUT2D eigenvalue weighted by atomic mass is 79.9. The molecule has 0 amide bonds. The molecule has 4 heteroatoms. The van der Waals surface area contributed by atoms with Crippen LogP contribution in [0.4, 0.5) is 5.69 Å². The van der Waals surface area contributed by atoms with E-state index in [0.717, 1.165) is 16.0 Å². The Kier molecular flexibility index (Phi) is 4.96. The van der Waals surface area contributed by atoms with Crippen LogP contribution in [0.5, 0.6) is 5.75 Å². The smallest absolute Gasteiger partial charge is 0.135 e. The number of anilines is 1. The Bertz CT molecular complexity index is 504. The molecule has 2 N–H and O–H groups in total. The van der Waals surface area contributed by atoms with Gasteiger partial charge in [-0.25, -0.2) is 0 Å². The van der Waals surface area contributed by atoms with Gasteiger partial charge in [0.25, 0.3) is 0 Å². The Balaban J connectivity index is 1.80. The highest BCUT2D eigenvalue weighted by molar-refractivity contribution is 9.10. The SMILES string of the molecule is Nc1ccc(Br)c(OCCSc2ccccc2)c1. The molecule has 0 saturated heterocycles. The van der Waals surface area contributed by atoms with Gasteiger partial charge in [-0.05, 0) is 40.2 Å². The maximum Gasteiger partial charge on any atom is 0.135 e. The second-order valence-electron chi connectivity index (χ2n) is 3.70. The summed E-state index contributed by atoms with van der Waals surface area (Å²) in [6, 6.07) is 15.9. The van der Waals surface area contributed by atoms with Crippen molar-refractivity contribution in [1.82, 2.24) is 0 Å². The summed E-state index contributed by atoms with van der Waals surface area (Å²) in [4.78, 5) is 1.26. The quantitative estimate of drug-likeness (QED) is 0.508. The summed E-state index contributed by atoms with van der Waals surface area (Å²) in [7, 11) is 0. The number of nitrogens with two attached hydrogens (primary N) is 1. The summed E-state index contributed by atoms with van der Waals surface area (Å²) in [5.41, 5.74) is 6.43. The van der Waals surface area contributed by atoms with Gasteiger partial charge in [0, 0.05) is 22.4 Å². The molecular weight excluding hydrogens is 310 g/mol. The van der Waals surface area contributed by atoms with Crippen LogP contribution in [-0.4, -0.2) is 12.4 Å². The standard InChI is InChI=1S/C14H14BrNOS/c15-13-7-6-11(16)10-14(13)17-8-9-18-12-4-2-1-3-5-12/h1-7,10H,8-9,16H2. The topological polar surface area (TPSA) is 35.2 Å². The lowest BCUT2D eigenvalue weighted by Crippen LogP contribution is -2.01. The molecule has 18 heavy (non-hydrogen) atoms. The molecule has 0 saturated carbocycles. The molecule has 2 aromatic carbocycles. The summed E-state index contributed by atoms with van der Waals surface area (Å²) in [6.45, 7) is 0.654. The first-order chi connectivity index (χ1) is 8.75. The molecule has 0 radical (unpaired) electrons. The summed E-state index contributed by atoms with van der Waals surface area (Å²) in [5.74, 6) is 1.70. The van der Waals surface area contributed by atoms with Crippen molar-refractivity contribution < 1.29 is 4.74 Å². The van der Waals surface area contributed by atoms with Gasteiger partial charge in [0.15, 0.2) is 0 Å². The second kappa shape index (κ2) is 6.71. The van der Waals surface area contributed by atoms with Crippen LogP contribution >= 0.6 is 27.7 Å². The third-order valence-corrected chi connectivity index (χ3v) is 3.94. The predicted octanol–water partition coefficient (Wildman–Crippen LogP) is 4.20. The first-order valence-electron chi connectivity index (χ1n) is 5.61. The summed E-state index contributed by atoms with van der Waals surface area (Å²) in [5, 5.41) is 0. The van der Waals surface area contributed by atoms with E-state index in [-0.39, 0.29) is 0 Å². The van der Waals surface area contributed by atoms with Gasteiger partial charge in [-0.3, -0.25) is 0 Å². The fraction of sp³-hybridized carbons (Fsp3) is 0.143. The van der Waals surface area contributed by atoms with Gasteiger partial charge in [-0.1, -0.05) is 18.2 Å². The second-order valence-corrected chi connectivity index (χ2v) is 5.72. The molecule has 0 aromatic heterocycles. The number of halogens is 1. The third-order valence-electron chi connectivity index (χ3n) is 2.31. The lowest BCUT2D eigenvalue weighted by Gasteiger charge is -2.08. The zero-order valence-corrected chi connectivity index (χ0v) is 12.2. The van der Waals surface area contributed by atoms with E-state index in [0.29, 0.717) is 12.3 Å². The van der Waals surface area contributed by atoms with E-state index in [9.17, 15) is 0 Å². The van der Waals surface area contributed by atoms with Crippen molar-refractivity contribution in [2.24, 2.45) is 0 Å². The van der Waals surface area contributed by atoms with Gasteiger partial charge in [-0.2, -0.15) is 0 Å². The van der Waals surface area contributed by atoms with Gasteiger partial charge < -0.3 is 10.5 Å². The fourth-order valence-electron chi connectivity index (χ4n) is 1.46. The first-order valence-corrected chi connectivity index (χ1v) is 7.39. The number of hydrogen-bond acceptors (Lipinski definition) is 3. The van der Waals surface area contributed by atoms with E-state index in [4.69, 9.17) is 10.5 Å². The van der Waals surface area contributed by atoms with Crippen molar-refractivity contribution in [3.63, 3.8) is 0 Å². The minimum atomic E-state index is 0.654. The van der Waals surface area contributed by atoms with Gasteiger partial charge >= 0.3 is 0 Å². The number of nitrogen functional groups attached to an aromatic ring is 1. The predicted molar refractivity (Wildman–Crippen MR) is 81.2 cm³/mol. The Morgan fingerprint density at radius 3 is 2.67 bits per heavy atom. The van der Waals surface area contributed by atoms with Crippen LogP contribution in [0.25, 0.3) is 0 Å². The molecule has 2 nitrogen and oxygen atoms in total. The normalized spacial score (nSPS) is 10.3. The van der Waals surface area contributed by atoms with Crippen molar-refractivity contribution in [2.75, 3.05) is 18.1 Å². The molecule has 0 spiro atoms. The van der Waals surface area contributed by atoms with Crippen LogP contribution in [0.3, 0.4) is 0 Å². The zero-order valence-electron chi connectivity index (χ0n) is 9.80. The van der Waals surface area contributed by atoms with E-state index >= 15 is 0 Å². The average Bonchev–Trinajstić information content (AvgIpc) is 2.40. The molecule has 2 rings (SSSR count). The molecule has 0 aliphatic carbocycles. The van der Waals surface area contributed by atoms with Crippen molar-refractivity contribution >= 4 is 33.4 Å².